The molecule has 2 nitrogen and oxygen atoms in total. The maximum atomic E-state index is 2.53. The normalized spacial score (nSPS) is 17.0. The molecule has 2 heteroatoms. The number of hydrogen-bond acceptors (Lipinski definition) is 1. The molecule has 3 aliphatic rings. The lowest BCUT2D eigenvalue weighted by atomic mass is 9.66. The van der Waals surface area contributed by atoms with Crippen LogP contribution < -0.4 is 4.90 Å². The first-order valence-corrected chi connectivity index (χ1v) is 22.3. The fourth-order valence-electron chi connectivity index (χ4n) is 11.0. The number of nitrogens with zero attached hydrogens (tertiary/aromatic N) is 2. The third-order valence-electron chi connectivity index (χ3n) is 13.8. The molecule has 0 N–H and O–H groups in total. The molecule has 0 radical (unpaired) electrons. The van der Waals surface area contributed by atoms with Gasteiger partial charge in [0.15, 0.2) is 0 Å². The number of aromatic nitrogens is 1. The number of para-hydroxylation sites is 2. The lowest BCUT2D eigenvalue weighted by Gasteiger charge is -2.38. The monoisotopic (exact) mass is 806 g/mol. The average Bonchev–Trinajstić information content (AvgIpc) is 3.86. The van der Waals surface area contributed by atoms with Crippen LogP contribution >= 0.6 is 0 Å². The molecule has 9 aromatic rings. The van der Waals surface area contributed by atoms with Crippen molar-refractivity contribution >= 4 is 28.4 Å². The summed E-state index contributed by atoms with van der Waals surface area (Å²) < 4.78 is 2.42. The summed E-state index contributed by atoms with van der Waals surface area (Å²) in [5.41, 5.74) is 18.8. The van der Waals surface area contributed by atoms with E-state index in [-0.39, 0.29) is 11.8 Å². The predicted molar refractivity (Wildman–Crippen MR) is 262 cm³/mol. The summed E-state index contributed by atoms with van der Waals surface area (Å²) in [5, 5.41) is 1.33. The van der Waals surface area contributed by atoms with Crippen molar-refractivity contribution in [2.75, 3.05) is 4.90 Å². The molecule has 3 aliphatic carbocycles. The largest absolute Gasteiger partial charge is 0.311 e. The summed E-state index contributed by atoms with van der Waals surface area (Å²) in [4.78, 5) is 2.48. The highest BCUT2D eigenvalue weighted by atomic mass is 15.1. The lowest BCUT2D eigenvalue weighted by Crippen LogP contribution is -2.31. The molecular weight excluding hydrogens is 761 g/mol. The van der Waals surface area contributed by atoms with Crippen molar-refractivity contribution in [3.05, 3.63) is 287 Å². The molecule has 300 valence electrons. The highest BCUT2D eigenvalue weighted by Gasteiger charge is 2.51. The predicted octanol–water partition coefficient (Wildman–Crippen LogP) is 15.1. The van der Waals surface area contributed by atoms with Gasteiger partial charge in [-0.1, -0.05) is 188 Å². The molecule has 1 aromatic heterocycles. The summed E-state index contributed by atoms with van der Waals surface area (Å²) in [7, 11) is 0. The molecule has 0 fully saturated rings. The van der Waals surface area contributed by atoms with E-state index in [1.807, 2.05) is 0 Å². The van der Waals surface area contributed by atoms with Gasteiger partial charge in [-0.15, -0.1) is 0 Å². The van der Waals surface area contributed by atoms with Crippen molar-refractivity contribution in [3.63, 3.8) is 0 Å². The third kappa shape index (κ3) is 6.09. The Hall–Kier alpha value is -7.68. The molecule has 8 aromatic carbocycles. The van der Waals surface area contributed by atoms with Crippen LogP contribution in [-0.4, -0.2) is 4.57 Å². The van der Waals surface area contributed by atoms with E-state index in [0.717, 1.165) is 24.2 Å². The van der Waals surface area contributed by atoms with Gasteiger partial charge in [0.05, 0.1) is 10.9 Å². The fraction of sp³-hybridized carbons (Fsp3) is 0.0820. The van der Waals surface area contributed by atoms with Gasteiger partial charge in [0, 0.05) is 45.7 Å². The van der Waals surface area contributed by atoms with Crippen LogP contribution in [-0.2, 0) is 11.8 Å². The first kappa shape index (κ1) is 37.1. The van der Waals surface area contributed by atoms with Crippen LogP contribution in [0.15, 0.2) is 248 Å². The minimum atomic E-state index is -0.425. The molecule has 0 spiro atoms. The van der Waals surface area contributed by atoms with Crippen LogP contribution in [0.3, 0.4) is 0 Å². The smallest absolute Gasteiger partial charge is 0.0674 e. The minimum absolute atomic E-state index is 0.269. The summed E-state index contributed by atoms with van der Waals surface area (Å²) in [6.45, 7) is 0. The fourth-order valence-corrected chi connectivity index (χ4v) is 11.0. The second-order valence-corrected chi connectivity index (χ2v) is 17.1. The van der Waals surface area contributed by atoms with Crippen LogP contribution in [0.5, 0.6) is 0 Å². The number of fused-ring (bicyclic) bond motifs is 6. The zero-order valence-electron chi connectivity index (χ0n) is 35.1. The van der Waals surface area contributed by atoms with E-state index in [1.165, 1.54) is 78.1 Å². The van der Waals surface area contributed by atoms with Crippen LogP contribution in [0.1, 0.15) is 57.3 Å². The maximum Gasteiger partial charge on any atom is 0.0674 e. The van der Waals surface area contributed by atoms with E-state index in [9.17, 15) is 0 Å². The zero-order chi connectivity index (χ0) is 41.7. The van der Waals surface area contributed by atoms with Gasteiger partial charge in [0.1, 0.15) is 0 Å². The third-order valence-corrected chi connectivity index (χ3v) is 13.8. The van der Waals surface area contributed by atoms with Gasteiger partial charge in [-0.3, -0.25) is 0 Å². The second-order valence-electron chi connectivity index (χ2n) is 17.1. The summed E-state index contributed by atoms with van der Waals surface area (Å²) in [5.74, 6) is 0.539. The second kappa shape index (κ2) is 15.3. The number of allylic oxidation sites excluding steroid dienone is 4. The number of anilines is 2. The zero-order valence-corrected chi connectivity index (χ0v) is 35.1. The highest BCUT2D eigenvalue weighted by Crippen LogP contribution is 2.60. The van der Waals surface area contributed by atoms with E-state index in [1.54, 1.807) is 0 Å². The SMILES string of the molecule is C1=CC(c2ccc(N(C3=CCC4C(=C3)C(c3ccccc3)(c3ccccc3)c3ccccc34)c3ccc(-c4ccccc4)cc3)cc2)Cc2c1n(-c1ccccc1)c1ccccc21. The molecule has 2 unspecified atom stereocenters. The standard InChI is InChI=1S/C61H46N2/c1-5-17-43(18-6-1)44-29-34-50(35-30-44)62(51-36-31-45(32-37-51)46-33-40-60-56(41-46)55-26-14-16-28-59(55)63(60)49-23-11-4-12-24-49)52-38-39-54-53-25-13-15-27-57(53)61(58(54)42-52,47-19-7-2-8-20-47)48-21-9-3-10-22-48/h1-38,40,42,46,54H,39,41H2. The summed E-state index contributed by atoms with van der Waals surface area (Å²) in [6, 6.07) is 80.4. The van der Waals surface area contributed by atoms with Crippen molar-refractivity contribution < 1.29 is 0 Å². The summed E-state index contributed by atoms with van der Waals surface area (Å²) in [6.07, 6.45) is 11.6. The molecule has 12 rings (SSSR count). The molecule has 0 bridgehead atoms. The van der Waals surface area contributed by atoms with E-state index >= 15 is 0 Å². The van der Waals surface area contributed by atoms with Crippen LogP contribution in [0.25, 0.3) is 33.8 Å². The quantitative estimate of drug-likeness (QED) is 0.148. The Kier molecular flexibility index (Phi) is 9.04. The lowest BCUT2D eigenvalue weighted by molar-refractivity contribution is 0.688. The molecular formula is C61H46N2. The van der Waals surface area contributed by atoms with Gasteiger partial charge < -0.3 is 9.47 Å². The first-order valence-electron chi connectivity index (χ1n) is 22.3. The number of hydrogen-bond donors (Lipinski definition) is 0. The van der Waals surface area contributed by atoms with E-state index in [4.69, 9.17) is 0 Å². The van der Waals surface area contributed by atoms with Gasteiger partial charge in [-0.2, -0.15) is 0 Å². The van der Waals surface area contributed by atoms with E-state index in [2.05, 4.69) is 252 Å². The number of benzene rings is 8. The Morgan fingerprint density at radius 2 is 1.10 bits per heavy atom. The first-order chi connectivity index (χ1) is 31.3. The Balaban J connectivity index is 0.966. The van der Waals surface area contributed by atoms with Crippen molar-refractivity contribution in [3.8, 4) is 16.8 Å². The molecule has 63 heavy (non-hydrogen) atoms. The Morgan fingerprint density at radius 3 is 1.79 bits per heavy atom. The Morgan fingerprint density at radius 1 is 0.524 bits per heavy atom. The van der Waals surface area contributed by atoms with E-state index in [0.29, 0.717) is 0 Å². The Labute approximate surface area is 370 Å². The van der Waals surface area contributed by atoms with Gasteiger partial charge in [-0.25, -0.2) is 0 Å². The van der Waals surface area contributed by atoms with Gasteiger partial charge >= 0.3 is 0 Å². The molecule has 2 atom stereocenters. The van der Waals surface area contributed by atoms with Crippen LogP contribution in [0.4, 0.5) is 11.4 Å². The van der Waals surface area contributed by atoms with Crippen molar-refractivity contribution in [2.45, 2.75) is 30.1 Å². The van der Waals surface area contributed by atoms with Crippen LogP contribution in [0.2, 0.25) is 0 Å². The average molecular weight is 807 g/mol. The molecule has 0 saturated heterocycles. The topological polar surface area (TPSA) is 8.17 Å². The molecule has 0 amide bonds. The van der Waals surface area contributed by atoms with Crippen molar-refractivity contribution in [2.24, 2.45) is 0 Å². The van der Waals surface area contributed by atoms with Crippen molar-refractivity contribution in [1.82, 2.24) is 4.57 Å². The van der Waals surface area contributed by atoms with Gasteiger partial charge in [0.2, 0.25) is 0 Å². The van der Waals surface area contributed by atoms with Crippen LogP contribution in [0, 0.1) is 0 Å². The maximum absolute atomic E-state index is 2.53. The molecule has 0 saturated carbocycles. The molecule has 1 heterocycles. The van der Waals surface area contributed by atoms with Crippen molar-refractivity contribution in [1.29, 1.82) is 0 Å². The molecule has 0 aliphatic heterocycles. The van der Waals surface area contributed by atoms with Gasteiger partial charge in [0.25, 0.3) is 0 Å². The highest BCUT2D eigenvalue weighted by molar-refractivity contribution is 5.91. The van der Waals surface area contributed by atoms with E-state index < -0.39 is 5.41 Å². The van der Waals surface area contributed by atoms with Gasteiger partial charge in [-0.05, 0) is 118 Å². The minimum Gasteiger partial charge on any atom is -0.311 e. The summed E-state index contributed by atoms with van der Waals surface area (Å²) >= 11 is 0. The number of rotatable bonds is 8. The Bertz CT molecular complexity index is 3150.